The molecule has 0 aliphatic carbocycles. The molecule has 9 heteroatoms. The van der Waals surface area contributed by atoms with Crippen molar-refractivity contribution in [2.24, 2.45) is 10.1 Å². The van der Waals surface area contributed by atoms with Crippen LogP contribution >= 0.6 is 11.8 Å². The van der Waals surface area contributed by atoms with Crippen LogP contribution in [0.15, 0.2) is 58.6 Å². The van der Waals surface area contributed by atoms with Crippen molar-refractivity contribution in [3.8, 4) is 0 Å². The number of para-hydroxylation sites is 1. The van der Waals surface area contributed by atoms with Crippen molar-refractivity contribution in [2.75, 3.05) is 11.1 Å². The van der Waals surface area contributed by atoms with Crippen LogP contribution in [0.2, 0.25) is 0 Å². The molecule has 1 N–H and O–H groups in total. The van der Waals surface area contributed by atoms with E-state index in [9.17, 15) is 18.0 Å². The molecule has 0 bridgehead atoms. The van der Waals surface area contributed by atoms with Crippen molar-refractivity contribution in [1.29, 1.82) is 0 Å². The molecule has 0 spiro atoms. The number of carbonyl (C=O) groups excluding carboxylic acids is 1. The topological polar surface area (TPSA) is 57.1 Å². The molecule has 28 heavy (non-hydrogen) atoms. The van der Waals surface area contributed by atoms with Crippen molar-refractivity contribution in [3.63, 3.8) is 0 Å². The molecule has 2 aromatic carbocycles. The summed E-state index contributed by atoms with van der Waals surface area (Å²) in [6.07, 6.45) is -1.89. The van der Waals surface area contributed by atoms with Crippen LogP contribution in [0.1, 0.15) is 23.6 Å². The molecule has 144 valence electrons. The molecule has 0 aromatic heterocycles. The number of rotatable bonds is 3. The van der Waals surface area contributed by atoms with Crippen LogP contribution in [0.25, 0.3) is 0 Å². The molecule has 0 saturated heterocycles. The molecule has 0 saturated carbocycles. The lowest BCUT2D eigenvalue weighted by Crippen LogP contribution is -2.29. The normalized spacial score (nSPS) is 17.8. The van der Waals surface area contributed by atoms with Gasteiger partial charge >= 0.3 is 6.18 Å². The Morgan fingerprint density at radius 2 is 2.04 bits per heavy atom. The van der Waals surface area contributed by atoms with Crippen molar-refractivity contribution in [2.45, 2.75) is 18.6 Å². The Morgan fingerprint density at radius 1 is 1.21 bits per heavy atom. The van der Waals surface area contributed by atoms with Gasteiger partial charge < -0.3 is 5.32 Å². The van der Waals surface area contributed by atoms with Crippen LogP contribution in [-0.2, 0) is 11.0 Å². The maximum Gasteiger partial charge on any atom is 0.416 e. The highest BCUT2D eigenvalue weighted by molar-refractivity contribution is 8.14. The second-order valence-electron chi connectivity index (χ2n) is 6.26. The van der Waals surface area contributed by atoms with E-state index >= 15 is 0 Å². The van der Waals surface area contributed by atoms with Gasteiger partial charge in [0.15, 0.2) is 5.17 Å². The van der Waals surface area contributed by atoms with E-state index in [-0.39, 0.29) is 17.5 Å². The quantitative estimate of drug-likeness (QED) is 0.799. The summed E-state index contributed by atoms with van der Waals surface area (Å²) in [4.78, 5) is 16.8. The Hall–Kier alpha value is -2.81. The van der Waals surface area contributed by atoms with E-state index in [4.69, 9.17) is 0 Å². The predicted octanol–water partition coefficient (Wildman–Crippen LogP) is 4.81. The molecule has 5 nitrogen and oxygen atoms in total. The molecule has 2 aliphatic rings. The van der Waals surface area contributed by atoms with Crippen LogP contribution in [0.5, 0.6) is 0 Å². The Kier molecular flexibility index (Phi) is 4.84. The van der Waals surface area contributed by atoms with Crippen molar-refractivity contribution in [3.05, 3.63) is 59.7 Å². The maximum absolute atomic E-state index is 12.8. The molecule has 1 unspecified atom stereocenters. The molecule has 0 radical (unpaired) electrons. The Bertz CT molecular complexity index is 974. The Balaban J connectivity index is 1.44. The van der Waals surface area contributed by atoms with E-state index in [1.54, 1.807) is 5.01 Å². The van der Waals surface area contributed by atoms with Gasteiger partial charge in [0, 0.05) is 23.9 Å². The van der Waals surface area contributed by atoms with Gasteiger partial charge in [0.25, 0.3) is 0 Å². The average Bonchev–Trinajstić information content (AvgIpc) is 3.16. The van der Waals surface area contributed by atoms with Gasteiger partial charge in [0.05, 0.1) is 23.0 Å². The number of amidine groups is 1. The van der Waals surface area contributed by atoms with Gasteiger partial charge in [-0.05, 0) is 24.3 Å². The number of thioether (sulfide) groups is 1. The van der Waals surface area contributed by atoms with E-state index in [2.05, 4.69) is 15.4 Å². The fourth-order valence-electron chi connectivity index (χ4n) is 3.08. The summed E-state index contributed by atoms with van der Waals surface area (Å²) in [6, 6.07) is 12.4. The third-order valence-corrected chi connectivity index (χ3v) is 5.29. The minimum Gasteiger partial charge on any atom is -0.325 e. The minimum absolute atomic E-state index is 0.00991. The van der Waals surface area contributed by atoms with Gasteiger partial charge in [-0.25, -0.2) is 10.0 Å². The van der Waals surface area contributed by atoms with Gasteiger partial charge in [0.2, 0.25) is 5.91 Å². The van der Waals surface area contributed by atoms with E-state index in [0.717, 1.165) is 29.8 Å². The molecule has 2 aliphatic heterocycles. The first-order valence-electron chi connectivity index (χ1n) is 8.51. The molecule has 1 atom stereocenters. The van der Waals surface area contributed by atoms with Gasteiger partial charge in [-0.2, -0.15) is 18.3 Å². The van der Waals surface area contributed by atoms with Crippen molar-refractivity contribution in [1.82, 2.24) is 5.01 Å². The smallest absolute Gasteiger partial charge is 0.325 e. The molecular formula is C19H15F3N4OS. The number of nitrogens with zero attached hydrogens (tertiary/aromatic N) is 3. The number of halogens is 3. The first-order chi connectivity index (χ1) is 13.4. The lowest BCUT2D eigenvalue weighted by molar-refractivity contribution is -0.137. The molecule has 2 aromatic rings. The fourth-order valence-corrected chi connectivity index (χ4v) is 3.88. The van der Waals surface area contributed by atoms with Crippen LogP contribution in [0.4, 0.5) is 24.5 Å². The first kappa shape index (κ1) is 18.5. The van der Waals surface area contributed by atoms with Gasteiger partial charge in [-0.3, -0.25) is 4.79 Å². The lowest BCUT2D eigenvalue weighted by atomic mass is 10.0. The van der Waals surface area contributed by atoms with Gasteiger partial charge in [0.1, 0.15) is 0 Å². The van der Waals surface area contributed by atoms with Crippen molar-refractivity contribution < 1.29 is 18.0 Å². The summed E-state index contributed by atoms with van der Waals surface area (Å²) in [5, 5.41) is 9.22. The number of nitrogens with one attached hydrogen (secondary N) is 1. The third-order valence-electron chi connectivity index (χ3n) is 4.34. The molecule has 4 rings (SSSR count). The molecule has 2 heterocycles. The van der Waals surface area contributed by atoms with E-state index < -0.39 is 17.6 Å². The summed E-state index contributed by atoms with van der Waals surface area (Å²) in [6.45, 7) is 0. The average molecular weight is 404 g/mol. The SMILES string of the molecule is O=C(CSC1=Nc2ccccc2C2CC=NN12)Nc1cccc(C(F)(F)F)c1. The monoisotopic (exact) mass is 404 g/mol. The van der Waals surface area contributed by atoms with E-state index in [1.165, 1.54) is 23.9 Å². The number of fused-ring (bicyclic) bond motifs is 3. The van der Waals surface area contributed by atoms with Crippen molar-refractivity contribution >= 4 is 40.4 Å². The number of amides is 1. The first-order valence-corrected chi connectivity index (χ1v) is 9.49. The van der Waals surface area contributed by atoms with Crippen LogP contribution < -0.4 is 5.32 Å². The number of hydrazone groups is 1. The Labute approximate surface area is 163 Å². The van der Waals surface area contributed by atoms with E-state index in [0.29, 0.717) is 5.17 Å². The number of alkyl halides is 3. The molecular weight excluding hydrogens is 389 g/mol. The molecule has 0 fully saturated rings. The summed E-state index contributed by atoms with van der Waals surface area (Å²) in [7, 11) is 0. The zero-order chi connectivity index (χ0) is 19.7. The zero-order valence-corrected chi connectivity index (χ0v) is 15.3. The van der Waals surface area contributed by atoms with E-state index in [1.807, 2.05) is 30.5 Å². The Morgan fingerprint density at radius 3 is 2.86 bits per heavy atom. The zero-order valence-electron chi connectivity index (χ0n) is 14.5. The molecule has 1 amide bonds. The predicted molar refractivity (Wildman–Crippen MR) is 104 cm³/mol. The summed E-state index contributed by atoms with van der Waals surface area (Å²) < 4.78 is 38.4. The second kappa shape index (κ2) is 7.31. The van der Waals surface area contributed by atoms with Crippen LogP contribution in [-0.4, -0.2) is 28.1 Å². The van der Waals surface area contributed by atoms with Crippen LogP contribution in [0, 0.1) is 0 Å². The number of hydrogen-bond donors (Lipinski definition) is 1. The number of aliphatic imine (C=N–C) groups is 1. The number of hydrogen-bond acceptors (Lipinski definition) is 5. The lowest BCUT2D eigenvalue weighted by Gasteiger charge is -2.29. The third kappa shape index (κ3) is 3.75. The summed E-state index contributed by atoms with van der Waals surface area (Å²) in [5.41, 5.74) is 1.22. The minimum atomic E-state index is -4.46. The fraction of sp³-hybridized carbons (Fsp3) is 0.211. The number of benzene rings is 2. The second-order valence-corrected chi connectivity index (χ2v) is 7.21. The van der Waals surface area contributed by atoms with Gasteiger partial charge in [-0.15, -0.1) is 0 Å². The van der Waals surface area contributed by atoms with Crippen LogP contribution in [0.3, 0.4) is 0 Å². The maximum atomic E-state index is 12.8. The summed E-state index contributed by atoms with van der Waals surface area (Å²) in [5.74, 6) is -0.402. The number of carbonyl (C=O) groups is 1. The highest BCUT2D eigenvalue weighted by atomic mass is 32.2. The summed E-state index contributed by atoms with van der Waals surface area (Å²) >= 11 is 1.20. The highest BCUT2D eigenvalue weighted by Gasteiger charge is 2.33. The number of anilines is 1. The highest BCUT2D eigenvalue weighted by Crippen LogP contribution is 2.40. The van der Waals surface area contributed by atoms with Gasteiger partial charge in [-0.1, -0.05) is 36.0 Å². The standard InChI is InChI=1S/C19H15F3N4OS/c20-19(21,22)12-4-3-5-13(10-12)24-17(27)11-28-18-25-15-7-2-1-6-14(15)16-8-9-23-26(16)18/h1-7,9-10,16H,8,11H2,(H,24,27). The largest absolute Gasteiger partial charge is 0.416 e.